The Hall–Kier alpha value is -1.61. The van der Waals surface area contributed by atoms with E-state index >= 15 is 0 Å². The van der Waals surface area contributed by atoms with Crippen molar-refractivity contribution in [2.75, 3.05) is 0 Å². The van der Waals surface area contributed by atoms with Gasteiger partial charge in [0, 0.05) is 10.0 Å². The molecule has 0 radical (unpaired) electrons. The highest BCUT2D eigenvalue weighted by molar-refractivity contribution is 9.10. The van der Waals surface area contributed by atoms with E-state index in [0.717, 1.165) is 22.1 Å². The number of hydrogen-bond donors (Lipinski definition) is 0. The zero-order valence-corrected chi connectivity index (χ0v) is 10.9. The van der Waals surface area contributed by atoms with E-state index in [9.17, 15) is 4.79 Å². The molecule has 0 spiro atoms. The molecule has 0 saturated heterocycles. The van der Waals surface area contributed by atoms with Crippen molar-refractivity contribution in [2.45, 2.75) is 6.92 Å². The van der Waals surface area contributed by atoms with Crippen LogP contribution in [-0.4, -0.2) is 6.29 Å². The molecule has 0 aliphatic heterocycles. The molecule has 0 fully saturated rings. The highest BCUT2D eigenvalue weighted by Crippen LogP contribution is 2.26. The summed E-state index contributed by atoms with van der Waals surface area (Å²) in [6.45, 7) is 2.02. The summed E-state index contributed by atoms with van der Waals surface area (Å²) in [5.41, 5.74) is 1.80. The Bertz CT molecular complexity index is 532. The van der Waals surface area contributed by atoms with Gasteiger partial charge in [-0.2, -0.15) is 0 Å². The summed E-state index contributed by atoms with van der Waals surface area (Å²) in [7, 11) is 0. The summed E-state index contributed by atoms with van der Waals surface area (Å²) < 4.78 is 6.68. The van der Waals surface area contributed by atoms with Gasteiger partial charge < -0.3 is 4.74 Å². The van der Waals surface area contributed by atoms with Gasteiger partial charge in [0.15, 0.2) is 0 Å². The molecular formula is C14H11BrO2. The Morgan fingerprint density at radius 1 is 1.06 bits per heavy atom. The van der Waals surface area contributed by atoms with Crippen LogP contribution >= 0.6 is 15.9 Å². The van der Waals surface area contributed by atoms with Crippen molar-refractivity contribution < 1.29 is 9.53 Å². The topological polar surface area (TPSA) is 26.3 Å². The Morgan fingerprint density at radius 2 is 1.71 bits per heavy atom. The predicted molar refractivity (Wildman–Crippen MR) is 70.8 cm³/mol. The van der Waals surface area contributed by atoms with Crippen molar-refractivity contribution >= 4 is 22.2 Å². The van der Waals surface area contributed by atoms with Crippen molar-refractivity contribution in [1.82, 2.24) is 0 Å². The van der Waals surface area contributed by atoms with E-state index in [4.69, 9.17) is 4.74 Å². The van der Waals surface area contributed by atoms with Crippen LogP contribution in [0.3, 0.4) is 0 Å². The number of ether oxygens (including phenoxy) is 1. The highest BCUT2D eigenvalue weighted by atomic mass is 79.9. The van der Waals surface area contributed by atoms with Crippen molar-refractivity contribution in [3.8, 4) is 11.5 Å². The van der Waals surface area contributed by atoms with Crippen LogP contribution in [0.2, 0.25) is 0 Å². The van der Waals surface area contributed by atoms with Gasteiger partial charge in [-0.3, -0.25) is 4.79 Å². The van der Waals surface area contributed by atoms with E-state index in [1.165, 1.54) is 0 Å². The monoisotopic (exact) mass is 290 g/mol. The second-order valence-electron chi connectivity index (χ2n) is 3.70. The van der Waals surface area contributed by atoms with Crippen molar-refractivity contribution in [3.63, 3.8) is 0 Å². The van der Waals surface area contributed by atoms with Crippen molar-refractivity contribution in [3.05, 3.63) is 58.1 Å². The lowest BCUT2D eigenvalue weighted by molar-refractivity contribution is 0.112. The van der Waals surface area contributed by atoms with E-state index in [-0.39, 0.29) is 0 Å². The number of carbonyl (C=O) groups excluding carboxylic acids is 1. The fourth-order valence-corrected chi connectivity index (χ4v) is 1.75. The number of hydrogen-bond acceptors (Lipinski definition) is 2. The molecule has 0 atom stereocenters. The SMILES string of the molecule is Cc1ccc(Oc2ccc(C=O)cc2)cc1Br. The van der Waals surface area contributed by atoms with Crippen molar-refractivity contribution in [1.29, 1.82) is 0 Å². The van der Waals surface area contributed by atoms with E-state index in [0.29, 0.717) is 11.3 Å². The van der Waals surface area contributed by atoms with Crippen LogP contribution in [0.15, 0.2) is 46.9 Å². The second kappa shape index (κ2) is 5.15. The second-order valence-corrected chi connectivity index (χ2v) is 4.55. The average Bonchev–Trinajstić information content (AvgIpc) is 2.35. The van der Waals surface area contributed by atoms with Gasteiger partial charge in [-0.05, 0) is 48.9 Å². The van der Waals surface area contributed by atoms with Crippen molar-refractivity contribution in [2.24, 2.45) is 0 Å². The van der Waals surface area contributed by atoms with Crippen LogP contribution in [0.4, 0.5) is 0 Å². The minimum Gasteiger partial charge on any atom is -0.457 e. The molecule has 0 saturated carbocycles. The molecule has 0 bridgehead atoms. The number of rotatable bonds is 3. The first-order chi connectivity index (χ1) is 8.19. The standard InChI is InChI=1S/C14H11BrO2/c1-10-2-5-13(8-14(10)15)17-12-6-3-11(9-16)4-7-12/h2-9H,1H3. The maximum atomic E-state index is 10.5. The Morgan fingerprint density at radius 3 is 2.29 bits per heavy atom. The number of carbonyl (C=O) groups is 1. The third-order valence-corrected chi connectivity index (χ3v) is 3.25. The maximum absolute atomic E-state index is 10.5. The summed E-state index contributed by atoms with van der Waals surface area (Å²) >= 11 is 3.46. The summed E-state index contributed by atoms with van der Waals surface area (Å²) in [6, 6.07) is 12.8. The molecule has 86 valence electrons. The van der Waals surface area contributed by atoms with Crippen LogP contribution in [0.5, 0.6) is 11.5 Å². The quantitative estimate of drug-likeness (QED) is 0.785. The van der Waals surface area contributed by atoms with E-state index in [1.54, 1.807) is 24.3 Å². The lowest BCUT2D eigenvalue weighted by Gasteiger charge is -2.07. The number of aldehydes is 1. The minimum atomic E-state index is 0.641. The van der Waals surface area contributed by atoms with Gasteiger partial charge in [-0.15, -0.1) is 0 Å². The molecule has 17 heavy (non-hydrogen) atoms. The number of benzene rings is 2. The Kier molecular flexibility index (Phi) is 3.59. The lowest BCUT2D eigenvalue weighted by atomic mass is 10.2. The zero-order valence-electron chi connectivity index (χ0n) is 9.31. The molecule has 0 unspecified atom stereocenters. The first-order valence-electron chi connectivity index (χ1n) is 5.18. The third kappa shape index (κ3) is 2.94. The third-order valence-electron chi connectivity index (χ3n) is 2.40. The van der Waals surface area contributed by atoms with Gasteiger partial charge in [-0.25, -0.2) is 0 Å². The largest absolute Gasteiger partial charge is 0.457 e. The van der Waals surface area contributed by atoms with Crippen LogP contribution in [-0.2, 0) is 0 Å². The molecule has 0 aliphatic rings. The van der Waals surface area contributed by atoms with Gasteiger partial charge in [-0.1, -0.05) is 22.0 Å². The summed E-state index contributed by atoms with van der Waals surface area (Å²) in [6.07, 6.45) is 0.812. The number of halogens is 1. The normalized spacial score (nSPS) is 10.0. The zero-order chi connectivity index (χ0) is 12.3. The predicted octanol–water partition coefficient (Wildman–Crippen LogP) is 4.36. The fourth-order valence-electron chi connectivity index (χ4n) is 1.39. The molecule has 0 amide bonds. The smallest absolute Gasteiger partial charge is 0.150 e. The first-order valence-corrected chi connectivity index (χ1v) is 5.97. The molecule has 2 aromatic carbocycles. The summed E-state index contributed by atoms with van der Waals surface area (Å²) in [5, 5.41) is 0. The van der Waals surface area contributed by atoms with Gasteiger partial charge in [0.05, 0.1) is 0 Å². The Balaban J connectivity index is 2.19. The molecule has 2 nitrogen and oxygen atoms in total. The highest BCUT2D eigenvalue weighted by Gasteiger charge is 2.00. The minimum absolute atomic E-state index is 0.641. The Labute approximate surface area is 108 Å². The molecule has 2 aromatic rings. The fraction of sp³-hybridized carbons (Fsp3) is 0.0714. The van der Waals surface area contributed by atoms with Crippen LogP contribution in [0, 0.1) is 6.92 Å². The number of aryl methyl sites for hydroxylation is 1. The average molecular weight is 291 g/mol. The van der Waals surface area contributed by atoms with Gasteiger partial charge in [0.2, 0.25) is 0 Å². The van der Waals surface area contributed by atoms with Gasteiger partial charge in [0.25, 0.3) is 0 Å². The lowest BCUT2D eigenvalue weighted by Crippen LogP contribution is -1.86. The van der Waals surface area contributed by atoms with Crippen LogP contribution in [0.1, 0.15) is 15.9 Å². The molecule has 0 aliphatic carbocycles. The molecule has 0 heterocycles. The maximum Gasteiger partial charge on any atom is 0.150 e. The van der Waals surface area contributed by atoms with Crippen LogP contribution < -0.4 is 4.74 Å². The molecule has 2 rings (SSSR count). The van der Waals surface area contributed by atoms with E-state index in [2.05, 4.69) is 15.9 Å². The van der Waals surface area contributed by atoms with Gasteiger partial charge in [0.1, 0.15) is 17.8 Å². The van der Waals surface area contributed by atoms with Gasteiger partial charge >= 0.3 is 0 Å². The molecular weight excluding hydrogens is 280 g/mol. The molecule has 0 N–H and O–H groups in total. The first kappa shape index (κ1) is 11.9. The van der Waals surface area contributed by atoms with E-state index in [1.807, 2.05) is 25.1 Å². The molecule has 3 heteroatoms. The summed E-state index contributed by atoms with van der Waals surface area (Å²) in [5.74, 6) is 1.48. The summed E-state index contributed by atoms with van der Waals surface area (Å²) in [4.78, 5) is 10.5. The molecule has 0 aromatic heterocycles. The van der Waals surface area contributed by atoms with Crippen LogP contribution in [0.25, 0.3) is 0 Å². The van der Waals surface area contributed by atoms with E-state index < -0.39 is 0 Å².